The molecule has 0 N–H and O–H groups in total. The van der Waals surface area contributed by atoms with Gasteiger partial charge in [-0.05, 0) is 52.0 Å². The van der Waals surface area contributed by atoms with E-state index < -0.39 is 10.1 Å². The fourth-order valence-corrected chi connectivity index (χ4v) is 5.42. The number of piperidine rings is 1. The van der Waals surface area contributed by atoms with E-state index in [1.54, 1.807) is 24.3 Å². The molecule has 0 bridgehead atoms. The summed E-state index contributed by atoms with van der Waals surface area (Å²) in [5, 5.41) is 0. The maximum atomic E-state index is 13.1. The predicted octanol–water partition coefficient (Wildman–Crippen LogP) is 6.16. The Morgan fingerprint density at radius 1 is 1.00 bits per heavy atom. The van der Waals surface area contributed by atoms with Crippen LogP contribution in [0, 0.1) is 12.8 Å². The number of benzene rings is 2. The number of hydrogen-bond acceptors (Lipinski definition) is 4. The SMILES string of the molecule is CCCCC(CC)CO[N+]1(OS(=O)(=O)c2ccc(C)cc2)CCC(c2ccccc2)CC1. The van der Waals surface area contributed by atoms with Crippen molar-refractivity contribution in [3.05, 3.63) is 65.7 Å². The fraction of sp³-hybridized carbons (Fsp3) is 0.538. The molecule has 0 radical (unpaired) electrons. The van der Waals surface area contributed by atoms with Gasteiger partial charge in [0.1, 0.15) is 19.7 Å². The van der Waals surface area contributed by atoms with Crippen LogP contribution < -0.4 is 0 Å². The molecule has 0 saturated carbocycles. The topological polar surface area (TPSA) is 52.6 Å². The molecular weight excluding hydrogens is 422 g/mol. The second-order valence-electron chi connectivity index (χ2n) is 9.00. The zero-order chi connectivity index (χ0) is 23.0. The highest BCUT2D eigenvalue weighted by Gasteiger charge is 2.44. The Morgan fingerprint density at radius 3 is 2.25 bits per heavy atom. The molecule has 2 aromatic carbocycles. The van der Waals surface area contributed by atoms with Crippen LogP contribution >= 0.6 is 0 Å². The van der Waals surface area contributed by atoms with E-state index in [1.165, 1.54) is 5.56 Å². The summed E-state index contributed by atoms with van der Waals surface area (Å²) < 4.78 is 32.1. The van der Waals surface area contributed by atoms with E-state index in [4.69, 9.17) is 9.12 Å². The standard InChI is InChI=1S/C26H38NO4S/c1-4-6-10-23(5-2)21-30-27(31-32(28,29)26-15-13-22(3)14-16-26)19-17-25(18-20-27)24-11-8-7-9-12-24/h7-9,11-16,23,25H,4-6,10,17-21H2,1-3H3/q+1. The van der Waals surface area contributed by atoms with Gasteiger partial charge in [-0.2, -0.15) is 13.3 Å². The summed E-state index contributed by atoms with van der Waals surface area (Å²) in [5.74, 6) is 0.793. The van der Waals surface area contributed by atoms with Crippen molar-refractivity contribution in [1.29, 1.82) is 0 Å². The van der Waals surface area contributed by atoms with Crippen LogP contribution in [0.3, 0.4) is 0 Å². The molecule has 1 fully saturated rings. The molecule has 6 heteroatoms. The maximum Gasteiger partial charge on any atom is 0.346 e. The first kappa shape index (κ1) is 24.9. The first-order valence-corrected chi connectivity index (χ1v) is 13.4. The second kappa shape index (κ2) is 11.4. The van der Waals surface area contributed by atoms with E-state index in [0.29, 0.717) is 31.5 Å². The van der Waals surface area contributed by atoms with Gasteiger partial charge in [0.05, 0.1) is 4.90 Å². The average molecular weight is 461 g/mol. The summed E-state index contributed by atoms with van der Waals surface area (Å²) in [7, 11) is -3.94. The van der Waals surface area contributed by atoms with E-state index in [0.717, 1.165) is 44.1 Å². The van der Waals surface area contributed by atoms with Crippen LogP contribution in [0.4, 0.5) is 0 Å². The summed E-state index contributed by atoms with van der Waals surface area (Å²) in [4.78, 5) is 6.22. The van der Waals surface area contributed by atoms with Gasteiger partial charge in [0, 0.05) is 12.8 Å². The Hall–Kier alpha value is -1.73. The molecular formula is C26H38NO4S+. The van der Waals surface area contributed by atoms with Crippen LogP contribution in [0.25, 0.3) is 0 Å². The molecule has 0 aromatic heterocycles. The summed E-state index contributed by atoms with van der Waals surface area (Å²) >= 11 is 0. The van der Waals surface area contributed by atoms with E-state index in [-0.39, 0.29) is 9.71 Å². The number of unbranched alkanes of at least 4 members (excludes halogenated alkanes) is 1. The van der Waals surface area contributed by atoms with Crippen molar-refractivity contribution < 1.29 is 22.3 Å². The summed E-state index contributed by atoms with van der Waals surface area (Å²) in [5.41, 5.74) is 2.30. The van der Waals surface area contributed by atoms with Gasteiger partial charge in [-0.25, -0.2) is 0 Å². The minimum absolute atomic E-state index is 0.174. The minimum atomic E-state index is -3.94. The second-order valence-corrected chi connectivity index (χ2v) is 10.5. The Labute approximate surface area is 194 Å². The van der Waals surface area contributed by atoms with Crippen LogP contribution in [0.1, 0.15) is 69.4 Å². The van der Waals surface area contributed by atoms with E-state index in [1.807, 2.05) is 13.0 Å². The summed E-state index contributed by atoms with van der Waals surface area (Å²) in [6.45, 7) is 7.82. The lowest BCUT2D eigenvalue weighted by Gasteiger charge is -2.37. The average Bonchev–Trinajstić information content (AvgIpc) is 2.80. The molecule has 1 saturated heterocycles. The highest BCUT2D eigenvalue weighted by atomic mass is 32.2. The Balaban J connectivity index is 1.77. The zero-order valence-corrected chi connectivity index (χ0v) is 20.5. The highest BCUT2D eigenvalue weighted by Crippen LogP contribution is 2.34. The van der Waals surface area contributed by atoms with Crippen molar-refractivity contribution in [2.45, 2.75) is 70.1 Å². The number of hydroxylamine groups is 4. The Morgan fingerprint density at radius 2 is 1.66 bits per heavy atom. The van der Waals surface area contributed by atoms with Crippen molar-refractivity contribution in [1.82, 2.24) is 0 Å². The third-order valence-corrected chi connectivity index (χ3v) is 7.86. The zero-order valence-electron chi connectivity index (χ0n) is 19.7. The van der Waals surface area contributed by atoms with Crippen LogP contribution in [0.2, 0.25) is 0 Å². The van der Waals surface area contributed by atoms with Gasteiger partial charge >= 0.3 is 10.1 Å². The van der Waals surface area contributed by atoms with E-state index in [9.17, 15) is 8.42 Å². The summed E-state index contributed by atoms with van der Waals surface area (Å²) in [6.07, 6.45) is 6.04. The quantitative estimate of drug-likeness (QED) is 0.377. The molecule has 176 valence electrons. The van der Waals surface area contributed by atoms with E-state index >= 15 is 0 Å². The molecule has 1 heterocycles. The van der Waals surface area contributed by atoms with Crippen LogP contribution in [0.5, 0.6) is 0 Å². The number of quaternary nitrogens is 1. The lowest BCUT2D eigenvalue weighted by molar-refractivity contribution is -1.23. The van der Waals surface area contributed by atoms with Gasteiger partial charge in [-0.15, -0.1) is 0 Å². The maximum absolute atomic E-state index is 13.1. The molecule has 32 heavy (non-hydrogen) atoms. The predicted molar refractivity (Wildman–Crippen MR) is 127 cm³/mol. The molecule has 2 aromatic rings. The molecule has 0 spiro atoms. The molecule has 1 atom stereocenters. The van der Waals surface area contributed by atoms with Crippen molar-refractivity contribution in [2.24, 2.45) is 5.92 Å². The van der Waals surface area contributed by atoms with Crippen molar-refractivity contribution in [2.75, 3.05) is 19.7 Å². The van der Waals surface area contributed by atoms with Crippen LogP contribution in [-0.4, -0.2) is 32.9 Å². The van der Waals surface area contributed by atoms with Crippen LogP contribution in [-0.2, 0) is 19.2 Å². The molecule has 3 rings (SSSR count). The van der Waals surface area contributed by atoms with Gasteiger partial charge in [-0.3, -0.25) is 0 Å². The monoisotopic (exact) mass is 460 g/mol. The molecule has 1 unspecified atom stereocenters. The Kier molecular flexibility index (Phi) is 8.88. The first-order valence-electron chi connectivity index (χ1n) is 12.0. The van der Waals surface area contributed by atoms with Crippen molar-refractivity contribution in [3.63, 3.8) is 0 Å². The fourth-order valence-electron chi connectivity index (χ4n) is 4.31. The third-order valence-electron chi connectivity index (χ3n) is 6.54. The van der Waals surface area contributed by atoms with Crippen molar-refractivity contribution in [3.8, 4) is 0 Å². The first-order chi connectivity index (χ1) is 15.4. The van der Waals surface area contributed by atoms with E-state index in [2.05, 4.69) is 38.1 Å². The van der Waals surface area contributed by atoms with Gasteiger partial charge < -0.3 is 0 Å². The number of rotatable bonds is 11. The minimum Gasteiger partial charge on any atom is -0.189 e. The smallest absolute Gasteiger partial charge is 0.189 e. The van der Waals surface area contributed by atoms with Crippen molar-refractivity contribution >= 4 is 10.1 Å². The number of aryl methyl sites for hydroxylation is 1. The largest absolute Gasteiger partial charge is 0.346 e. The Bertz CT molecular complexity index is 920. The summed E-state index contributed by atoms with van der Waals surface area (Å²) in [6, 6.07) is 17.2. The van der Waals surface area contributed by atoms with Gasteiger partial charge in [0.25, 0.3) is 0 Å². The third kappa shape index (κ3) is 6.64. The lowest BCUT2D eigenvalue weighted by Crippen LogP contribution is -2.54. The number of hydrogen-bond donors (Lipinski definition) is 0. The molecule has 0 amide bonds. The van der Waals surface area contributed by atoms with Crippen LogP contribution in [0.15, 0.2) is 59.5 Å². The molecule has 1 aliphatic rings. The van der Waals surface area contributed by atoms with Gasteiger partial charge in [0.15, 0.2) is 0 Å². The normalized spacial score (nSPS) is 22.5. The molecule has 0 aliphatic carbocycles. The van der Waals surface area contributed by atoms with Gasteiger partial charge in [-0.1, -0.05) is 81.1 Å². The molecule has 5 nitrogen and oxygen atoms in total. The number of nitrogens with zero attached hydrogens (tertiary/aromatic N) is 1. The van der Waals surface area contributed by atoms with Gasteiger partial charge in [0.2, 0.25) is 0 Å². The lowest BCUT2D eigenvalue weighted by atomic mass is 9.90. The highest BCUT2D eigenvalue weighted by molar-refractivity contribution is 7.86. The molecule has 1 aliphatic heterocycles.